The number of pyridine rings is 1. The minimum atomic E-state index is 0.297. The van der Waals surface area contributed by atoms with Gasteiger partial charge in [0, 0.05) is 18.4 Å². The topological polar surface area (TPSA) is 39.9 Å². The molecule has 5 heteroatoms. The lowest BCUT2D eigenvalue weighted by atomic mass is 10.4. The molecule has 0 aliphatic rings. The van der Waals surface area contributed by atoms with Crippen LogP contribution in [-0.2, 0) is 0 Å². The summed E-state index contributed by atoms with van der Waals surface area (Å²) >= 11 is 3.34. The second-order valence-electron chi connectivity index (χ2n) is 3.64. The molecule has 0 radical (unpaired) electrons. The number of imidazole rings is 1. The fraction of sp³-hybridized carbons (Fsp3) is 0.273. The monoisotopic (exact) mass is 281 g/mol. The van der Waals surface area contributed by atoms with Crippen molar-refractivity contribution < 1.29 is 4.74 Å². The van der Waals surface area contributed by atoms with Crippen molar-refractivity contribution >= 4 is 15.9 Å². The van der Waals surface area contributed by atoms with Gasteiger partial charge >= 0.3 is 6.01 Å². The number of ether oxygens (including phenoxy) is 1. The van der Waals surface area contributed by atoms with Crippen LogP contribution in [0, 0.1) is 0 Å². The van der Waals surface area contributed by atoms with Gasteiger partial charge in [0.15, 0.2) is 0 Å². The van der Waals surface area contributed by atoms with E-state index in [2.05, 4.69) is 39.7 Å². The normalized spacial score (nSPS) is 10.8. The Kier molecular flexibility index (Phi) is 3.24. The van der Waals surface area contributed by atoms with Crippen molar-refractivity contribution in [2.24, 2.45) is 0 Å². The molecule has 4 nitrogen and oxygen atoms in total. The summed E-state index contributed by atoms with van der Waals surface area (Å²) in [5.74, 6) is 0.683. The highest BCUT2D eigenvalue weighted by Crippen LogP contribution is 2.25. The molecule has 2 aromatic heterocycles. The summed E-state index contributed by atoms with van der Waals surface area (Å²) in [4.78, 5) is 8.25. The molecule has 0 amide bonds. The molecular formula is C11H12BrN3O. The molecule has 0 N–H and O–H groups in total. The number of hydrogen-bond acceptors (Lipinski definition) is 3. The highest BCUT2D eigenvalue weighted by molar-refractivity contribution is 9.10. The van der Waals surface area contributed by atoms with E-state index in [4.69, 9.17) is 4.74 Å². The van der Waals surface area contributed by atoms with E-state index in [0.717, 1.165) is 4.60 Å². The van der Waals surface area contributed by atoms with Gasteiger partial charge in [-0.2, -0.15) is 4.98 Å². The molecule has 0 atom stereocenters. The quantitative estimate of drug-likeness (QED) is 0.866. The summed E-state index contributed by atoms with van der Waals surface area (Å²) in [5, 5.41) is 0. The lowest BCUT2D eigenvalue weighted by Gasteiger charge is -2.10. The third-order valence-corrected chi connectivity index (χ3v) is 2.45. The van der Waals surface area contributed by atoms with Crippen LogP contribution in [0.15, 0.2) is 35.3 Å². The Balaban J connectivity index is 2.28. The lowest BCUT2D eigenvalue weighted by molar-refractivity contribution is 0.394. The number of aromatic nitrogens is 3. The van der Waals surface area contributed by atoms with Crippen molar-refractivity contribution in [3.63, 3.8) is 0 Å². The Morgan fingerprint density at radius 2 is 2.25 bits per heavy atom. The van der Waals surface area contributed by atoms with Gasteiger partial charge in [0.05, 0.1) is 6.20 Å². The number of rotatable bonds is 3. The van der Waals surface area contributed by atoms with Gasteiger partial charge in [0.25, 0.3) is 0 Å². The van der Waals surface area contributed by atoms with Crippen LogP contribution in [-0.4, -0.2) is 14.5 Å². The zero-order chi connectivity index (χ0) is 11.5. The molecule has 0 aromatic carbocycles. The van der Waals surface area contributed by atoms with E-state index in [1.54, 1.807) is 12.4 Å². The van der Waals surface area contributed by atoms with Gasteiger partial charge in [0.2, 0.25) is 0 Å². The van der Waals surface area contributed by atoms with Gasteiger partial charge in [0.1, 0.15) is 10.4 Å². The Hall–Kier alpha value is -1.36. The van der Waals surface area contributed by atoms with Gasteiger partial charge in [-0.25, -0.2) is 0 Å². The average Bonchev–Trinajstić information content (AvgIpc) is 2.61. The third kappa shape index (κ3) is 2.41. The van der Waals surface area contributed by atoms with Crippen molar-refractivity contribution in [2.45, 2.75) is 19.9 Å². The van der Waals surface area contributed by atoms with Gasteiger partial charge < -0.3 is 4.74 Å². The second kappa shape index (κ2) is 4.65. The van der Waals surface area contributed by atoms with Crippen molar-refractivity contribution in [2.75, 3.05) is 0 Å². The van der Waals surface area contributed by atoms with Crippen LogP contribution in [0.3, 0.4) is 0 Å². The number of nitrogens with zero attached hydrogens (tertiary/aromatic N) is 3. The summed E-state index contributed by atoms with van der Waals surface area (Å²) in [5.41, 5.74) is 0. The van der Waals surface area contributed by atoms with E-state index in [1.165, 1.54) is 0 Å². The second-order valence-corrected chi connectivity index (χ2v) is 4.45. The molecule has 0 spiro atoms. The zero-order valence-corrected chi connectivity index (χ0v) is 10.7. The van der Waals surface area contributed by atoms with E-state index in [9.17, 15) is 0 Å². The first-order valence-corrected chi connectivity index (χ1v) is 5.78. The van der Waals surface area contributed by atoms with Gasteiger partial charge in [-0.05, 0) is 41.9 Å². The van der Waals surface area contributed by atoms with Crippen molar-refractivity contribution in [3.05, 3.63) is 35.3 Å². The predicted molar refractivity (Wildman–Crippen MR) is 64.6 cm³/mol. The van der Waals surface area contributed by atoms with E-state index in [-0.39, 0.29) is 0 Å². The van der Waals surface area contributed by atoms with E-state index < -0.39 is 0 Å². The van der Waals surface area contributed by atoms with Crippen LogP contribution >= 0.6 is 15.9 Å². The maximum absolute atomic E-state index is 5.65. The highest BCUT2D eigenvalue weighted by Gasteiger charge is 2.11. The first-order chi connectivity index (χ1) is 7.66. The molecule has 0 saturated carbocycles. The predicted octanol–water partition coefficient (Wildman–Crippen LogP) is 3.41. The minimum Gasteiger partial charge on any atom is -0.424 e. The van der Waals surface area contributed by atoms with E-state index in [1.807, 2.05) is 22.9 Å². The summed E-state index contributed by atoms with van der Waals surface area (Å²) in [6, 6.07) is 4.54. The SMILES string of the molecule is CC(C)n1cc(Br)nc1Oc1cccnc1. The van der Waals surface area contributed by atoms with Gasteiger partial charge in [-0.3, -0.25) is 9.55 Å². The summed E-state index contributed by atoms with van der Waals surface area (Å²) < 4.78 is 8.37. The molecule has 0 fully saturated rings. The molecule has 0 aliphatic heterocycles. The molecule has 2 aromatic rings. The molecule has 0 aliphatic carbocycles. The molecule has 2 heterocycles. The van der Waals surface area contributed by atoms with Crippen molar-refractivity contribution in [3.8, 4) is 11.8 Å². The fourth-order valence-corrected chi connectivity index (χ4v) is 1.68. The molecule has 0 unspecified atom stereocenters. The smallest absolute Gasteiger partial charge is 0.303 e. The maximum Gasteiger partial charge on any atom is 0.303 e. The average molecular weight is 282 g/mol. The first kappa shape index (κ1) is 11.1. The van der Waals surface area contributed by atoms with Crippen molar-refractivity contribution in [1.82, 2.24) is 14.5 Å². The largest absolute Gasteiger partial charge is 0.424 e. The first-order valence-electron chi connectivity index (χ1n) is 4.99. The minimum absolute atomic E-state index is 0.297. The van der Waals surface area contributed by atoms with E-state index >= 15 is 0 Å². The van der Waals surface area contributed by atoms with Gasteiger partial charge in [-0.15, -0.1) is 0 Å². The van der Waals surface area contributed by atoms with Crippen LogP contribution in [0.25, 0.3) is 0 Å². The molecule has 0 saturated heterocycles. The van der Waals surface area contributed by atoms with Crippen LogP contribution < -0.4 is 4.74 Å². The van der Waals surface area contributed by atoms with Gasteiger partial charge in [-0.1, -0.05) is 0 Å². The van der Waals surface area contributed by atoms with E-state index in [0.29, 0.717) is 17.8 Å². The molecule has 16 heavy (non-hydrogen) atoms. The van der Waals surface area contributed by atoms with Crippen molar-refractivity contribution in [1.29, 1.82) is 0 Å². The zero-order valence-electron chi connectivity index (χ0n) is 9.09. The highest BCUT2D eigenvalue weighted by atomic mass is 79.9. The molecule has 2 rings (SSSR count). The Labute approximate surface area is 102 Å². The Bertz CT molecular complexity index is 467. The maximum atomic E-state index is 5.65. The van der Waals surface area contributed by atoms with Crippen LogP contribution in [0.2, 0.25) is 0 Å². The molecule has 0 bridgehead atoms. The summed E-state index contributed by atoms with van der Waals surface area (Å²) in [6.07, 6.45) is 5.27. The Morgan fingerprint density at radius 1 is 1.44 bits per heavy atom. The summed E-state index contributed by atoms with van der Waals surface area (Å²) in [6.45, 7) is 4.15. The standard InChI is InChI=1S/C11H12BrN3O/c1-8(2)15-7-10(12)14-11(15)16-9-4-3-5-13-6-9/h3-8H,1-2H3. The van der Waals surface area contributed by atoms with Crippen LogP contribution in [0.4, 0.5) is 0 Å². The van der Waals surface area contributed by atoms with Crippen LogP contribution in [0.1, 0.15) is 19.9 Å². The fourth-order valence-electron chi connectivity index (χ4n) is 1.31. The number of halogens is 1. The molecular weight excluding hydrogens is 270 g/mol. The van der Waals surface area contributed by atoms with Crippen LogP contribution in [0.5, 0.6) is 11.8 Å². The molecule has 84 valence electrons. The summed E-state index contributed by atoms with van der Waals surface area (Å²) in [7, 11) is 0. The Morgan fingerprint density at radius 3 is 2.88 bits per heavy atom. The number of hydrogen-bond donors (Lipinski definition) is 0. The third-order valence-electron chi connectivity index (χ3n) is 2.07. The lowest BCUT2D eigenvalue weighted by Crippen LogP contribution is -2.02.